The lowest BCUT2D eigenvalue weighted by Crippen LogP contribution is -2.25. The predicted molar refractivity (Wildman–Crippen MR) is 80.7 cm³/mol. The molecular weight excluding hydrogens is 318 g/mol. The highest BCUT2D eigenvalue weighted by atomic mass is 79.9. The summed E-state index contributed by atoms with van der Waals surface area (Å²) < 4.78 is 0. The Hall–Kier alpha value is -1.93. The molecule has 1 amide bonds. The van der Waals surface area contributed by atoms with Gasteiger partial charge in [-0.2, -0.15) is 5.26 Å². The van der Waals surface area contributed by atoms with Gasteiger partial charge in [0.2, 0.25) is 5.91 Å². The van der Waals surface area contributed by atoms with E-state index >= 15 is 0 Å². The van der Waals surface area contributed by atoms with E-state index in [1.54, 1.807) is 17.2 Å². The maximum Gasteiger partial charge on any atom is 0.227 e. The van der Waals surface area contributed by atoms with Gasteiger partial charge in [-0.1, -0.05) is 15.9 Å². The molecule has 1 aliphatic rings. The second-order valence-corrected chi connectivity index (χ2v) is 5.52. The maximum absolute atomic E-state index is 12.1. The first-order valence-corrected chi connectivity index (χ1v) is 7.51. The molecule has 0 N–H and O–H groups in total. The molecule has 0 aliphatic carbocycles. The van der Waals surface area contributed by atoms with Gasteiger partial charge >= 0.3 is 0 Å². The van der Waals surface area contributed by atoms with E-state index in [1.807, 2.05) is 18.2 Å². The fourth-order valence-corrected chi connectivity index (χ4v) is 3.03. The summed E-state index contributed by atoms with van der Waals surface area (Å²) in [6.45, 7) is 0.657. The highest BCUT2D eigenvalue weighted by Gasteiger charge is 2.31. The van der Waals surface area contributed by atoms with Crippen LogP contribution in [-0.4, -0.2) is 22.8 Å². The number of hydrogen-bond donors (Lipinski definition) is 0. The Labute approximate surface area is 125 Å². The number of anilines is 1. The van der Waals surface area contributed by atoms with Crippen LogP contribution in [0, 0.1) is 17.2 Å². The van der Waals surface area contributed by atoms with Gasteiger partial charge in [-0.05, 0) is 30.2 Å². The molecule has 1 aliphatic heterocycles. The van der Waals surface area contributed by atoms with E-state index in [-0.39, 0.29) is 5.91 Å². The number of hydrogen-bond acceptors (Lipinski definition) is 3. The Morgan fingerprint density at radius 2 is 2.30 bits per heavy atom. The van der Waals surface area contributed by atoms with E-state index in [1.165, 1.54) is 0 Å². The van der Waals surface area contributed by atoms with Crippen molar-refractivity contribution in [2.45, 2.75) is 6.42 Å². The van der Waals surface area contributed by atoms with Gasteiger partial charge in [-0.15, -0.1) is 0 Å². The summed E-state index contributed by atoms with van der Waals surface area (Å²) in [4.78, 5) is 18.1. The van der Waals surface area contributed by atoms with E-state index < -0.39 is 0 Å². The van der Waals surface area contributed by atoms with Crippen molar-refractivity contribution in [1.29, 1.82) is 5.26 Å². The number of pyridine rings is 1. The molecule has 0 spiro atoms. The number of nitrogens with zero attached hydrogens (tertiary/aromatic N) is 3. The van der Waals surface area contributed by atoms with Crippen LogP contribution >= 0.6 is 15.9 Å². The molecule has 1 fully saturated rings. The van der Waals surface area contributed by atoms with E-state index in [0.717, 1.165) is 16.2 Å². The molecule has 0 radical (unpaired) electrons. The minimum atomic E-state index is 0.0780. The topological polar surface area (TPSA) is 57.0 Å². The number of carbonyl (C=O) groups is 1. The van der Waals surface area contributed by atoms with Crippen LogP contribution < -0.4 is 4.90 Å². The minimum Gasteiger partial charge on any atom is -0.311 e. The van der Waals surface area contributed by atoms with Crippen LogP contribution in [0.5, 0.6) is 0 Å². The molecule has 2 heterocycles. The van der Waals surface area contributed by atoms with Crippen molar-refractivity contribution in [1.82, 2.24) is 4.98 Å². The summed E-state index contributed by atoms with van der Waals surface area (Å²) in [7, 11) is 0. The molecule has 5 heteroatoms. The Kier molecular flexibility index (Phi) is 3.41. The average molecular weight is 330 g/mol. The second kappa shape index (κ2) is 5.22. The Morgan fingerprint density at radius 3 is 3.00 bits per heavy atom. The Morgan fingerprint density at radius 1 is 1.45 bits per heavy atom. The Bertz CT molecular complexity index is 723. The van der Waals surface area contributed by atoms with Crippen LogP contribution in [0.2, 0.25) is 0 Å². The van der Waals surface area contributed by atoms with Crippen LogP contribution in [0.15, 0.2) is 30.5 Å². The molecule has 1 aromatic carbocycles. The third-order valence-electron chi connectivity index (χ3n) is 3.59. The van der Waals surface area contributed by atoms with Crippen molar-refractivity contribution >= 4 is 38.4 Å². The van der Waals surface area contributed by atoms with Gasteiger partial charge in [-0.25, -0.2) is 0 Å². The lowest BCUT2D eigenvalue weighted by atomic mass is 10.1. The van der Waals surface area contributed by atoms with Crippen molar-refractivity contribution in [3.63, 3.8) is 0 Å². The molecule has 4 nitrogen and oxygen atoms in total. The largest absolute Gasteiger partial charge is 0.311 e. The lowest BCUT2D eigenvalue weighted by molar-refractivity contribution is -0.117. The van der Waals surface area contributed by atoms with Gasteiger partial charge in [0.15, 0.2) is 0 Å². The fraction of sp³-hybridized carbons (Fsp3) is 0.267. The quantitative estimate of drug-likeness (QED) is 0.796. The summed E-state index contributed by atoms with van der Waals surface area (Å²) in [6, 6.07) is 9.58. The molecule has 3 rings (SSSR count). The summed E-state index contributed by atoms with van der Waals surface area (Å²) in [5.41, 5.74) is 2.00. The van der Waals surface area contributed by atoms with Gasteiger partial charge in [0, 0.05) is 29.9 Å². The smallest absolute Gasteiger partial charge is 0.227 e. The number of aromatic nitrogens is 1. The number of nitriles is 1. The zero-order valence-corrected chi connectivity index (χ0v) is 12.3. The van der Waals surface area contributed by atoms with Gasteiger partial charge in [0.1, 0.15) is 6.07 Å². The molecule has 1 aromatic heterocycles. The molecule has 20 heavy (non-hydrogen) atoms. The Balaban J connectivity index is 2.13. The van der Waals surface area contributed by atoms with Gasteiger partial charge in [-0.3, -0.25) is 9.78 Å². The van der Waals surface area contributed by atoms with E-state index in [2.05, 4.69) is 27.0 Å². The van der Waals surface area contributed by atoms with Gasteiger partial charge < -0.3 is 4.90 Å². The van der Waals surface area contributed by atoms with Crippen LogP contribution in [0.1, 0.15) is 12.0 Å². The van der Waals surface area contributed by atoms with Gasteiger partial charge in [0.25, 0.3) is 0 Å². The zero-order valence-electron chi connectivity index (χ0n) is 10.7. The summed E-state index contributed by atoms with van der Waals surface area (Å²) in [5.74, 6) is 0.382. The van der Waals surface area contributed by atoms with E-state index in [4.69, 9.17) is 0 Å². The molecular formula is C15H12BrN3O. The third kappa shape index (κ3) is 2.06. The van der Waals surface area contributed by atoms with Crippen molar-refractivity contribution in [2.24, 2.45) is 5.92 Å². The highest BCUT2D eigenvalue weighted by molar-refractivity contribution is 9.09. The number of alkyl halides is 1. The van der Waals surface area contributed by atoms with Crippen LogP contribution in [0.4, 0.5) is 5.69 Å². The monoisotopic (exact) mass is 329 g/mol. The molecule has 1 atom stereocenters. The second-order valence-electron chi connectivity index (χ2n) is 4.87. The minimum absolute atomic E-state index is 0.0780. The molecule has 1 saturated heterocycles. The first-order valence-electron chi connectivity index (χ1n) is 6.38. The van der Waals surface area contributed by atoms with Crippen molar-refractivity contribution in [2.75, 3.05) is 16.8 Å². The van der Waals surface area contributed by atoms with E-state index in [9.17, 15) is 10.1 Å². The summed E-state index contributed by atoms with van der Waals surface area (Å²) in [5, 5.41) is 11.1. The number of carbonyl (C=O) groups excluding carboxylic acids is 1. The number of benzene rings is 1. The number of halogens is 1. The highest BCUT2D eigenvalue weighted by Crippen LogP contribution is 2.32. The molecule has 0 bridgehead atoms. The van der Waals surface area contributed by atoms with Crippen LogP contribution in [0.3, 0.4) is 0 Å². The lowest BCUT2D eigenvalue weighted by Gasteiger charge is -2.18. The fourth-order valence-electron chi connectivity index (χ4n) is 2.60. The van der Waals surface area contributed by atoms with Crippen molar-refractivity contribution in [3.05, 3.63) is 36.0 Å². The van der Waals surface area contributed by atoms with Crippen molar-refractivity contribution < 1.29 is 4.79 Å². The first kappa shape index (κ1) is 13.1. The number of fused-ring (bicyclic) bond motifs is 1. The molecule has 1 unspecified atom stereocenters. The maximum atomic E-state index is 12.1. The normalized spacial score (nSPS) is 18.5. The SMILES string of the molecule is N#Cc1c(N2CC(CBr)CC2=O)ccc2ncccc12. The molecule has 2 aromatic rings. The van der Waals surface area contributed by atoms with E-state index in [0.29, 0.717) is 30.1 Å². The van der Waals surface area contributed by atoms with Gasteiger partial charge in [0.05, 0.1) is 16.8 Å². The van der Waals surface area contributed by atoms with Crippen molar-refractivity contribution in [3.8, 4) is 6.07 Å². The predicted octanol–water partition coefficient (Wildman–Crippen LogP) is 2.85. The number of amides is 1. The molecule has 100 valence electrons. The first-order chi connectivity index (χ1) is 9.74. The zero-order chi connectivity index (χ0) is 14.1. The summed E-state index contributed by atoms with van der Waals surface area (Å²) in [6.07, 6.45) is 2.23. The van der Waals surface area contributed by atoms with Crippen LogP contribution in [-0.2, 0) is 4.79 Å². The third-order valence-corrected chi connectivity index (χ3v) is 4.50. The number of rotatable bonds is 2. The molecule has 0 saturated carbocycles. The average Bonchev–Trinajstić information content (AvgIpc) is 2.87. The summed E-state index contributed by atoms with van der Waals surface area (Å²) >= 11 is 3.43. The van der Waals surface area contributed by atoms with Crippen LogP contribution in [0.25, 0.3) is 10.9 Å². The standard InChI is InChI=1S/C15H12BrN3O/c16-7-10-6-15(20)19(9-10)14-4-3-13-11(12(14)8-17)2-1-5-18-13/h1-5,10H,6-7,9H2.